The van der Waals surface area contributed by atoms with Crippen molar-refractivity contribution in [3.8, 4) is 11.1 Å². The molecule has 0 aliphatic heterocycles. The number of aryl methyl sites for hydroxylation is 1. The van der Waals surface area contributed by atoms with Gasteiger partial charge in [-0.15, -0.1) is 11.7 Å². The molecule has 2 aromatic carbocycles. The minimum atomic E-state index is 0. The lowest BCUT2D eigenvalue weighted by Crippen LogP contribution is -1.97. The third-order valence-corrected chi connectivity index (χ3v) is 3.27. The summed E-state index contributed by atoms with van der Waals surface area (Å²) in [5.41, 5.74) is 6.83. The average molecular weight is 384 g/mol. The first-order valence-electron chi connectivity index (χ1n) is 10.1. The van der Waals surface area contributed by atoms with E-state index in [2.05, 4.69) is 65.3 Å². The van der Waals surface area contributed by atoms with E-state index in [-0.39, 0.29) is 1.43 Å². The molecule has 0 saturated carbocycles. The quantitative estimate of drug-likeness (QED) is 0.219. The Bertz CT molecular complexity index is 713. The summed E-state index contributed by atoms with van der Waals surface area (Å²) < 4.78 is 0. The third-order valence-electron chi connectivity index (χ3n) is 3.27. The van der Waals surface area contributed by atoms with E-state index < -0.39 is 0 Å². The highest BCUT2D eigenvalue weighted by atomic mass is 15.4. The molecular weight excluding hydrogens is 342 g/mol. The van der Waals surface area contributed by atoms with Crippen LogP contribution in [-0.4, -0.2) is 12.8 Å². The molecule has 0 aliphatic rings. The molecule has 3 nitrogen and oxygen atoms in total. The molecule has 0 atom stereocenters. The summed E-state index contributed by atoms with van der Waals surface area (Å²) in [4.78, 5) is 0. The minimum Gasteiger partial charge on any atom is -0.172 e. The number of hydrogen-bond acceptors (Lipinski definition) is 2. The highest BCUT2D eigenvalue weighted by Crippen LogP contribution is 2.25. The van der Waals surface area contributed by atoms with Gasteiger partial charge in [0.25, 0.3) is 0 Å². The molecule has 0 N–H and O–H groups in total. The Hall–Kier alpha value is -2.55. The Morgan fingerprint density at radius 1 is 0.893 bits per heavy atom. The maximum absolute atomic E-state index is 4.11. The number of hydrogen-bond donors (Lipinski definition) is 0. The Kier molecular flexibility index (Phi) is 17.6. The van der Waals surface area contributed by atoms with Crippen molar-refractivity contribution in [3.05, 3.63) is 71.8 Å². The van der Waals surface area contributed by atoms with Gasteiger partial charge in [-0.25, -0.2) is 0 Å². The molecule has 2 aromatic rings. The molecule has 0 saturated heterocycles. The van der Waals surface area contributed by atoms with Crippen LogP contribution in [0.4, 0.5) is 0 Å². The zero-order valence-corrected chi connectivity index (χ0v) is 19.4. The van der Waals surface area contributed by atoms with Crippen molar-refractivity contribution in [2.24, 2.45) is 15.4 Å². The second-order valence-electron chi connectivity index (χ2n) is 5.78. The normalized spacial score (nSPS) is 9.96. The van der Waals surface area contributed by atoms with Crippen molar-refractivity contribution in [2.45, 2.75) is 61.8 Å². The molecule has 0 unspecified atom stereocenters. The van der Waals surface area contributed by atoms with Crippen LogP contribution in [0.1, 0.15) is 67.9 Å². The van der Waals surface area contributed by atoms with Crippen LogP contribution in [0.5, 0.6) is 0 Å². The van der Waals surface area contributed by atoms with Gasteiger partial charge < -0.3 is 0 Å². The maximum atomic E-state index is 4.11. The lowest BCUT2D eigenvalue weighted by molar-refractivity contribution is 1.02. The van der Waals surface area contributed by atoms with E-state index in [1.165, 1.54) is 22.3 Å². The van der Waals surface area contributed by atoms with Crippen LogP contribution in [0.25, 0.3) is 11.1 Å². The van der Waals surface area contributed by atoms with Gasteiger partial charge in [0.1, 0.15) is 0 Å². The van der Waals surface area contributed by atoms with Crippen molar-refractivity contribution < 1.29 is 1.43 Å². The molecular formula is C25H41N3. The van der Waals surface area contributed by atoms with Crippen LogP contribution in [0.15, 0.2) is 76.1 Å². The summed E-state index contributed by atoms with van der Waals surface area (Å²) in [7, 11) is 1.62. The lowest BCUT2D eigenvalue weighted by Gasteiger charge is -2.09. The van der Waals surface area contributed by atoms with Gasteiger partial charge in [-0.1, -0.05) is 88.7 Å². The van der Waals surface area contributed by atoms with E-state index in [4.69, 9.17) is 0 Å². The van der Waals surface area contributed by atoms with Crippen molar-refractivity contribution in [1.29, 1.82) is 0 Å². The number of allylic oxidation sites excluding steroid dienone is 1. The van der Waals surface area contributed by atoms with Gasteiger partial charge in [-0.2, -0.15) is 5.11 Å². The Morgan fingerprint density at radius 3 is 1.86 bits per heavy atom. The second-order valence-corrected chi connectivity index (χ2v) is 5.78. The Balaban J connectivity index is -0.000000657. The van der Waals surface area contributed by atoms with Gasteiger partial charge in [0.2, 0.25) is 0 Å². The molecule has 0 bridgehead atoms. The average Bonchev–Trinajstić information content (AvgIpc) is 2.74. The van der Waals surface area contributed by atoms with Crippen LogP contribution in [-0.2, 0) is 6.42 Å². The van der Waals surface area contributed by atoms with Crippen LogP contribution in [0, 0.1) is 0 Å². The predicted molar refractivity (Wildman–Crippen MR) is 130 cm³/mol. The summed E-state index contributed by atoms with van der Waals surface area (Å²) in [5.74, 6) is 0. The summed E-state index contributed by atoms with van der Waals surface area (Å²) in [6, 6.07) is 16.9. The van der Waals surface area contributed by atoms with Crippen molar-refractivity contribution in [3.63, 3.8) is 0 Å². The van der Waals surface area contributed by atoms with Crippen LogP contribution < -0.4 is 0 Å². The first kappa shape index (κ1) is 27.7. The molecule has 0 amide bonds. The van der Waals surface area contributed by atoms with Gasteiger partial charge in [0.15, 0.2) is 0 Å². The molecule has 0 aromatic heterocycles. The van der Waals surface area contributed by atoms with Crippen molar-refractivity contribution in [1.82, 2.24) is 0 Å². The lowest BCUT2D eigenvalue weighted by atomic mass is 9.96. The molecule has 0 radical (unpaired) electrons. The summed E-state index contributed by atoms with van der Waals surface area (Å²) in [6.45, 7) is 19.6. The second kappa shape index (κ2) is 17.8. The van der Waals surface area contributed by atoms with Crippen molar-refractivity contribution in [2.75, 3.05) is 7.05 Å². The zero-order chi connectivity index (χ0) is 21.9. The molecule has 0 spiro atoms. The first-order valence-corrected chi connectivity index (χ1v) is 10.1. The largest absolute Gasteiger partial charge is 0.172 e. The number of rotatable bonds is 4. The fraction of sp³-hybridized carbons (Fsp3) is 0.400. The monoisotopic (exact) mass is 383 g/mol. The van der Waals surface area contributed by atoms with E-state index in [1.54, 1.807) is 7.05 Å². The van der Waals surface area contributed by atoms with E-state index in [1.807, 2.05) is 60.6 Å². The minimum absolute atomic E-state index is 0. The zero-order valence-electron chi connectivity index (χ0n) is 19.4. The molecule has 3 heteroatoms. The highest BCUT2D eigenvalue weighted by molar-refractivity contribution is 6.04. The fourth-order valence-electron chi connectivity index (χ4n) is 2.14. The van der Waals surface area contributed by atoms with Crippen LogP contribution >= 0.6 is 0 Å². The summed E-state index contributed by atoms with van der Waals surface area (Å²) in [6.07, 6.45) is 1.05. The van der Waals surface area contributed by atoms with Crippen molar-refractivity contribution >= 4 is 5.71 Å². The highest BCUT2D eigenvalue weighted by Gasteiger charge is 2.07. The van der Waals surface area contributed by atoms with Crippen LogP contribution in [0.2, 0.25) is 0 Å². The predicted octanol–water partition coefficient (Wildman–Crippen LogP) is 8.60. The number of nitrogens with zero attached hydrogens (tertiary/aromatic N) is 3. The Labute approximate surface area is 174 Å². The van der Waals surface area contributed by atoms with Crippen LogP contribution in [0.3, 0.4) is 0 Å². The SMILES string of the molecule is C=C(C)C.CC.CC.CCc1ccc(-c2ccccc2/C(C)=N/N=NC)cc1.[HH]. The van der Waals surface area contributed by atoms with E-state index in [9.17, 15) is 0 Å². The first-order chi connectivity index (χ1) is 13.5. The van der Waals surface area contributed by atoms with Gasteiger partial charge in [0, 0.05) is 6.99 Å². The molecule has 28 heavy (non-hydrogen) atoms. The van der Waals surface area contributed by atoms with Gasteiger partial charge in [-0.05, 0) is 49.1 Å². The Morgan fingerprint density at radius 2 is 1.39 bits per heavy atom. The standard InChI is InChI=1S/C17H19N3.C4H8.2C2H6.H2/c1-4-14-9-11-15(12-10-14)17-8-6-5-7-16(17)13(2)19-20-18-3;1-4(2)3;2*1-2;/h5-12H,4H2,1-3H3;1H2,2-3H3;2*1-2H3;1H/b19-13+,20-18?;;;;. The summed E-state index contributed by atoms with van der Waals surface area (Å²) >= 11 is 0. The topological polar surface area (TPSA) is 37.1 Å². The molecule has 0 aliphatic carbocycles. The van der Waals surface area contributed by atoms with E-state index >= 15 is 0 Å². The van der Waals surface area contributed by atoms with Gasteiger partial charge >= 0.3 is 0 Å². The van der Waals surface area contributed by atoms with Gasteiger partial charge in [-0.3, -0.25) is 0 Å². The fourth-order valence-corrected chi connectivity index (χ4v) is 2.14. The van der Waals surface area contributed by atoms with E-state index in [0.717, 1.165) is 17.7 Å². The molecule has 0 fully saturated rings. The molecule has 2 rings (SSSR count). The number of benzene rings is 2. The van der Waals surface area contributed by atoms with E-state index in [0.29, 0.717) is 0 Å². The smallest absolute Gasteiger partial charge is 0.0696 e. The summed E-state index contributed by atoms with van der Waals surface area (Å²) in [5, 5.41) is 11.5. The molecule has 156 valence electrons. The molecule has 0 heterocycles. The maximum Gasteiger partial charge on any atom is 0.0696 e. The third kappa shape index (κ3) is 11.2. The van der Waals surface area contributed by atoms with Gasteiger partial charge in [0.05, 0.1) is 12.8 Å².